The predicted molar refractivity (Wildman–Crippen MR) is 53.1 cm³/mol. The lowest BCUT2D eigenvalue weighted by Gasteiger charge is -2.27. The summed E-state index contributed by atoms with van der Waals surface area (Å²) in [6.07, 6.45) is 0.941. The van der Waals surface area contributed by atoms with Crippen molar-refractivity contribution in [1.82, 2.24) is 5.32 Å². The number of carbonyl (C=O) groups is 1. The predicted octanol–water partition coefficient (Wildman–Crippen LogP) is 0.707. The van der Waals surface area contributed by atoms with Crippen molar-refractivity contribution in [2.24, 2.45) is 0 Å². The smallest absolute Gasteiger partial charge is 0.322 e. The Kier molecular flexibility index (Phi) is 3.89. The van der Waals surface area contributed by atoms with E-state index >= 15 is 0 Å². The molecule has 1 heterocycles. The molecule has 2 unspecified atom stereocenters. The first-order chi connectivity index (χ1) is 6.57. The van der Waals surface area contributed by atoms with Gasteiger partial charge in [-0.3, -0.25) is 10.1 Å². The van der Waals surface area contributed by atoms with Crippen molar-refractivity contribution in [1.29, 1.82) is 0 Å². The van der Waals surface area contributed by atoms with E-state index in [1.165, 1.54) is 0 Å². The lowest BCUT2D eigenvalue weighted by Crippen LogP contribution is -2.50. The number of ether oxygens (including phenoxy) is 2. The number of carbonyl (C=O) groups excluding carboxylic acids is 1. The summed E-state index contributed by atoms with van der Waals surface area (Å²) in [7, 11) is 0. The first-order valence-corrected chi connectivity index (χ1v) is 5.09. The Bertz CT molecular complexity index is 200. The minimum absolute atomic E-state index is 0.0772. The van der Waals surface area contributed by atoms with E-state index in [-0.39, 0.29) is 17.6 Å². The molecule has 4 nitrogen and oxygen atoms in total. The van der Waals surface area contributed by atoms with Gasteiger partial charge in [-0.1, -0.05) is 0 Å². The lowest BCUT2D eigenvalue weighted by atomic mass is 10.0. The average Bonchev–Trinajstić information content (AvgIpc) is 2.52. The molecule has 0 aliphatic carbocycles. The van der Waals surface area contributed by atoms with E-state index in [0.717, 1.165) is 13.0 Å². The molecule has 1 aliphatic heterocycles. The van der Waals surface area contributed by atoms with Crippen molar-refractivity contribution < 1.29 is 14.3 Å². The van der Waals surface area contributed by atoms with Gasteiger partial charge in [-0.05, 0) is 27.2 Å². The molecule has 0 spiro atoms. The van der Waals surface area contributed by atoms with Crippen LogP contribution in [-0.2, 0) is 14.3 Å². The van der Waals surface area contributed by atoms with Crippen molar-refractivity contribution in [3.8, 4) is 0 Å². The van der Waals surface area contributed by atoms with Crippen LogP contribution in [-0.4, -0.2) is 37.4 Å². The molecule has 0 amide bonds. The summed E-state index contributed by atoms with van der Waals surface area (Å²) >= 11 is 0. The highest BCUT2D eigenvalue weighted by atomic mass is 16.5. The Balaban J connectivity index is 2.38. The second-order valence-corrected chi connectivity index (χ2v) is 3.98. The van der Waals surface area contributed by atoms with Gasteiger partial charge in [-0.25, -0.2) is 0 Å². The minimum Gasteiger partial charge on any atom is -0.465 e. The van der Waals surface area contributed by atoms with Crippen molar-refractivity contribution in [2.75, 3.05) is 19.8 Å². The molecule has 1 fully saturated rings. The van der Waals surface area contributed by atoms with Crippen molar-refractivity contribution in [3.05, 3.63) is 0 Å². The molecular formula is C10H19NO3. The van der Waals surface area contributed by atoms with Crippen LogP contribution >= 0.6 is 0 Å². The summed E-state index contributed by atoms with van der Waals surface area (Å²) < 4.78 is 10.2. The van der Waals surface area contributed by atoms with E-state index in [1.807, 2.05) is 13.8 Å². The second-order valence-electron chi connectivity index (χ2n) is 3.98. The number of hydrogen-bond donors (Lipinski definition) is 1. The third-order valence-electron chi connectivity index (χ3n) is 2.42. The summed E-state index contributed by atoms with van der Waals surface area (Å²) in [6.45, 7) is 7.55. The van der Waals surface area contributed by atoms with Crippen LogP contribution in [0.5, 0.6) is 0 Å². The summed E-state index contributed by atoms with van der Waals surface area (Å²) in [5.74, 6) is -0.194. The average molecular weight is 201 g/mol. The first kappa shape index (κ1) is 11.5. The Morgan fingerprint density at radius 1 is 1.71 bits per heavy atom. The number of hydrogen-bond acceptors (Lipinski definition) is 4. The highest BCUT2D eigenvalue weighted by molar-refractivity contribution is 5.75. The third-order valence-corrected chi connectivity index (χ3v) is 2.42. The van der Waals surface area contributed by atoms with Gasteiger partial charge in [0.2, 0.25) is 0 Å². The van der Waals surface area contributed by atoms with E-state index in [9.17, 15) is 4.79 Å². The van der Waals surface area contributed by atoms with Gasteiger partial charge >= 0.3 is 5.97 Å². The van der Waals surface area contributed by atoms with Gasteiger partial charge in [-0.15, -0.1) is 0 Å². The van der Waals surface area contributed by atoms with E-state index in [2.05, 4.69) is 12.2 Å². The number of rotatable bonds is 4. The fraction of sp³-hybridized carbons (Fsp3) is 0.900. The molecule has 0 aromatic heterocycles. The van der Waals surface area contributed by atoms with Gasteiger partial charge in [-0.2, -0.15) is 0 Å². The van der Waals surface area contributed by atoms with E-state index in [4.69, 9.17) is 9.47 Å². The van der Waals surface area contributed by atoms with Gasteiger partial charge in [0.15, 0.2) is 0 Å². The molecule has 1 rings (SSSR count). The zero-order chi connectivity index (χ0) is 10.6. The molecule has 0 saturated carbocycles. The summed E-state index contributed by atoms with van der Waals surface area (Å²) in [4.78, 5) is 11.3. The maximum atomic E-state index is 11.3. The van der Waals surface area contributed by atoms with Crippen molar-refractivity contribution in [2.45, 2.75) is 38.8 Å². The monoisotopic (exact) mass is 201 g/mol. The van der Waals surface area contributed by atoms with Crippen LogP contribution in [0.4, 0.5) is 0 Å². The maximum absolute atomic E-state index is 11.3. The Labute approximate surface area is 85.0 Å². The molecule has 82 valence electrons. The fourth-order valence-corrected chi connectivity index (χ4v) is 1.63. The Morgan fingerprint density at radius 3 is 2.93 bits per heavy atom. The molecule has 1 N–H and O–H groups in total. The fourth-order valence-electron chi connectivity index (χ4n) is 1.63. The van der Waals surface area contributed by atoms with E-state index in [1.54, 1.807) is 0 Å². The number of esters is 1. The standard InChI is InChI=1S/C10H19NO3/c1-4-14-9(12)8(2)11-10(3)5-6-13-7-10/h8,11H,4-7H2,1-3H3. The van der Waals surface area contributed by atoms with Crippen molar-refractivity contribution >= 4 is 5.97 Å². The second kappa shape index (κ2) is 4.75. The molecule has 0 aromatic rings. The van der Waals surface area contributed by atoms with Gasteiger partial charge < -0.3 is 9.47 Å². The SMILES string of the molecule is CCOC(=O)C(C)NC1(C)CCOC1. The molecule has 0 radical (unpaired) electrons. The summed E-state index contributed by atoms with van der Waals surface area (Å²) in [6, 6.07) is -0.262. The van der Waals surface area contributed by atoms with E-state index < -0.39 is 0 Å². The van der Waals surface area contributed by atoms with Crippen LogP contribution in [0, 0.1) is 0 Å². The lowest BCUT2D eigenvalue weighted by molar-refractivity contribution is -0.145. The van der Waals surface area contributed by atoms with Gasteiger partial charge in [0.1, 0.15) is 6.04 Å². The highest BCUT2D eigenvalue weighted by Crippen LogP contribution is 2.18. The molecule has 14 heavy (non-hydrogen) atoms. The quantitative estimate of drug-likeness (QED) is 0.680. The zero-order valence-corrected chi connectivity index (χ0v) is 9.13. The number of nitrogens with one attached hydrogen (secondary N) is 1. The van der Waals surface area contributed by atoms with Crippen molar-refractivity contribution in [3.63, 3.8) is 0 Å². The maximum Gasteiger partial charge on any atom is 0.322 e. The molecule has 0 bridgehead atoms. The topological polar surface area (TPSA) is 47.6 Å². The minimum atomic E-state index is -0.262. The van der Waals surface area contributed by atoms with Crippen LogP contribution in [0.2, 0.25) is 0 Å². The van der Waals surface area contributed by atoms with Crippen LogP contribution < -0.4 is 5.32 Å². The molecule has 1 aliphatic rings. The zero-order valence-electron chi connectivity index (χ0n) is 9.13. The molecule has 1 saturated heterocycles. The Morgan fingerprint density at radius 2 is 2.43 bits per heavy atom. The normalized spacial score (nSPS) is 28.8. The van der Waals surface area contributed by atoms with Crippen LogP contribution in [0.15, 0.2) is 0 Å². The molecule has 0 aromatic carbocycles. The van der Waals surface area contributed by atoms with Crippen LogP contribution in [0.1, 0.15) is 27.2 Å². The third kappa shape index (κ3) is 2.96. The van der Waals surface area contributed by atoms with Gasteiger partial charge in [0.25, 0.3) is 0 Å². The van der Waals surface area contributed by atoms with Crippen LogP contribution in [0.3, 0.4) is 0 Å². The molecular weight excluding hydrogens is 182 g/mol. The summed E-state index contributed by atoms with van der Waals surface area (Å²) in [5, 5.41) is 3.24. The molecule has 2 atom stereocenters. The van der Waals surface area contributed by atoms with Gasteiger partial charge in [0, 0.05) is 12.1 Å². The molecule has 4 heteroatoms. The largest absolute Gasteiger partial charge is 0.465 e. The highest BCUT2D eigenvalue weighted by Gasteiger charge is 2.32. The first-order valence-electron chi connectivity index (χ1n) is 5.09. The van der Waals surface area contributed by atoms with E-state index in [0.29, 0.717) is 13.2 Å². The van der Waals surface area contributed by atoms with Crippen LogP contribution in [0.25, 0.3) is 0 Å². The Hall–Kier alpha value is -0.610. The van der Waals surface area contributed by atoms with Gasteiger partial charge in [0.05, 0.1) is 13.2 Å². The summed E-state index contributed by atoms with van der Waals surface area (Å²) in [5.41, 5.74) is -0.0772.